The zero-order valence-corrected chi connectivity index (χ0v) is 24.8. The van der Waals surface area contributed by atoms with Crippen molar-refractivity contribution in [2.75, 3.05) is 18.6 Å². The van der Waals surface area contributed by atoms with E-state index >= 15 is 0 Å². The van der Waals surface area contributed by atoms with Gasteiger partial charge in [0.05, 0.1) is 11.3 Å². The highest BCUT2D eigenvalue weighted by Crippen LogP contribution is 2.31. The molecule has 0 fully saturated rings. The lowest BCUT2D eigenvalue weighted by molar-refractivity contribution is -0.120. The lowest BCUT2D eigenvalue weighted by atomic mass is 10.1. The SMILES string of the molecule is Cc1cc(=O)c(C(=O)N[C@H]2COc3ccc(C#CC(C)(C)OC(=O)c4ccccc4)cc3N(C)C2=O)cn1-c1ccccc1. The highest BCUT2D eigenvalue weighted by molar-refractivity contribution is 6.03. The number of anilines is 1. The number of benzene rings is 3. The van der Waals surface area contributed by atoms with Crippen LogP contribution in [0.5, 0.6) is 5.75 Å². The molecule has 1 aromatic heterocycles. The molecular weight excluding hydrogens is 558 g/mol. The minimum absolute atomic E-state index is 0.0928. The van der Waals surface area contributed by atoms with Gasteiger partial charge in [-0.15, -0.1) is 0 Å². The van der Waals surface area contributed by atoms with Crippen LogP contribution in [0, 0.1) is 18.8 Å². The van der Waals surface area contributed by atoms with Crippen LogP contribution in [0.4, 0.5) is 5.69 Å². The number of para-hydroxylation sites is 1. The minimum atomic E-state index is -1.08. The van der Waals surface area contributed by atoms with Crippen molar-refractivity contribution < 1.29 is 23.9 Å². The molecule has 0 aliphatic carbocycles. The predicted molar refractivity (Wildman–Crippen MR) is 166 cm³/mol. The van der Waals surface area contributed by atoms with E-state index in [1.165, 1.54) is 17.2 Å². The average molecular weight is 590 g/mol. The van der Waals surface area contributed by atoms with E-state index in [2.05, 4.69) is 17.2 Å². The summed E-state index contributed by atoms with van der Waals surface area (Å²) in [5, 5.41) is 2.68. The van der Waals surface area contributed by atoms with Gasteiger partial charge < -0.3 is 24.3 Å². The average Bonchev–Trinajstić information content (AvgIpc) is 3.12. The van der Waals surface area contributed by atoms with E-state index in [-0.39, 0.29) is 12.2 Å². The van der Waals surface area contributed by atoms with E-state index in [0.717, 1.165) is 5.69 Å². The lowest BCUT2D eigenvalue weighted by Gasteiger charge is -2.21. The third kappa shape index (κ3) is 6.55. The van der Waals surface area contributed by atoms with Gasteiger partial charge >= 0.3 is 5.97 Å². The van der Waals surface area contributed by atoms with Gasteiger partial charge in [-0.1, -0.05) is 48.2 Å². The quantitative estimate of drug-likeness (QED) is 0.275. The Balaban J connectivity index is 1.32. The van der Waals surface area contributed by atoms with Crippen molar-refractivity contribution in [2.24, 2.45) is 0 Å². The molecule has 0 saturated carbocycles. The molecule has 2 heterocycles. The first-order valence-electron chi connectivity index (χ1n) is 14.0. The smallest absolute Gasteiger partial charge is 0.339 e. The molecule has 3 aromatic carbocycles. The van der Waals surface area contributed by atoms with Gasteiger partial charge in [0, 0.05) is 36.3 Å². The molecule has 4 aromatic rings. The maximum Gasteiger partial charge on any atom is 0.339 e. The number of aryl methyl sites for hydroxylation is 1. The highest BCUT2D eigenvalue weighted by Gasteiger charge is 2.31. The third-order valence-electron chi connectivity index (χ3n) is 7.05. The first-order valence-corrected chi connectivity index (χ1v) is 14.0. The van der Waals surface area contributed by atoms with E-state index in [1.807, 2.05) is 36.4 Å². The van der Waals surface area contributed by atoms with Crippen molar-refractivity contribution in [2.45, 2.75) is 32.4 Å². The molecule has 0 bridgehead atoms. The van der Waals surface area contributed by atoms with E-state index in [0.29, 0.717) is 28.3 Å². The molecule has 0 unspecified atom stereocenters. The molecule has 1 N–H and O–H groups in total. The number of esters is 1. The Bertz CT molecular complexity index is 1850. The molecule has 5 rings (SSSR count). The molecule has 1 aliphatic heterocycles. The molecule has 222 valence electrons. The molecule has 2 amide bonds. The van der Waals surface area contributed by atoms with Crippen LogP contribution < -0.4 is 20.4 Å². The maximum atomic E-state index is 13.4. The number of hydrogen-bond donors (Lipinski definition) is 1. The Morgan fingerprint density at radius 2 is 1.66 bits per heavy atom. The maximum absolute atomic E-state index is 13.4. The minimum Gasteiger partial charge on any atom is -0.489 e. The summed E-state index contributed by atoms with van der Waals surface area (Å²) < 4.78 is 13.2. The van der Waals surface area contributed by atoms with Gasteiger partial charge in [-0.05, 0) is 63.2 Å². The summed E-state index contributed by atoms with van der Waals surface area (Å²) in [5.74, 6) is 4.84. The summed E-state index contributed by atoms with van der Waals surface area (Å²) in [5.41, 5.74) is 1.28. The van der Waals surface area contributed by atoms with Crippen LogP contribution in [0.2, 0.25) is 0 Å². The third-order valence-corrected chi connectivity index (χ3v) is 7.05. The second-order valence-electron chi connectivity index (χ2n) is 10.8. The van der Waals surface area contributed by atoms with Crippen molar-refractivity contribution in [3.63, 3.8) is 0 Å². The van der Waals surface area contributed by atoms with Crippen molar-refractivity contribution >= 4 is 23.5 Å². The molecule has 0 spiro atoms. The number of ether oxygens (including phenoxy) is 2. The van der Waals surface area contributed by atoms with Gasteiger partial charge in [0.2, 0.25) is 0 Å². The number of likely N-dealkylation sites (N-methyl/N-ethyl adjacent to an activating group) is 1. The second kappa shape index (κ2) is 12.3. The number of fused-ring (bicyclic) bond motifs is 1. The van der Waals surface area contributed by atoms with Gasteiger partial charge in [0.1, 0.15) is 24.0 Å². The predicted octanol–water partition coefficient (Wildman–Crippen LogP) is 4.29. The molecule has 9 heteroatoms. The van der Waals surface area contributed by atoms with E-state index in [9.17, 15) is 19.2 Å². The van der Waals surface area contributed by atoms with Crippen molar-refractivity contribution in [1.29, 1.82) is 0 Å². The Hall–Kier alpha value is -5.62. The topological polar surface area (TPSA) is 107 Å². The summed E-state index contributed by atoms with van der Waals surface area (Å²) >= 11 is 0. The fraction of sp³-hybridized carbons (Fsp3) is 0.200. The number of aromatic nitrogens is 1. The fourth-order valence-electron chi connectivity index (χ4n) is 4.70. The molecule has 0 saturated heterocycles. The normalized spacial score (nSPS) is 14.3. The van der Waals surface area contributed by atoms with Crippen molar-refractivity contribution in [3.8, 4) is 23.3 Å². The summed E-state index contributed by atoms with van der Waals surface area (Å²) in [6.07, 6.45) is 1.48. The number of rotatable bonds is 5. The van der Waals surface area contributed by atoms with Crippen LogP contribution >= 0.6 is 0 Å². The second-order valence-corrected chi connectivity index (χ2v) is 10.8. The molecule has 44 heavy (non-hydrogen) atoms. The Kier molecular flexibility index (Phi) is 8.36. The van der Waals surface area contributed by atoms with E-state index < -0.39 is 34.9 Å². The zero-order valence-electron chi connectivity index (χ0n) is 24.8. The number of hydrogen-bond acceptors (Lipinski definition) is 6. The van der Waals surface area contributed by atoms with Gasteiger partial charge in [-0.2, -0.15) is 0 Å². The van der Waals surface area contributed by atoms with Crippen LogP contribution in [0.15, 0.2) is 95.9 Å². The van der Waals surface area contributed by atoms with Crippen LogP contribution in [0.3, 0.4) is 0 Å². The standard InChI is InChI=1S/C35H31N3O6/c1-23-19-30(39)27(21-38(23)26-13-9-6-10-14-26)32(40)36-28-22-43-31-16-15-24(20-29(31)37(4)33(28)41)17-18-35(2,3)44-34(42)25-11-7-5-8-12-25/h5-16,19-21,28H,22H2,1-4H3,(H,36,40)/t28-/m0/s1. The van der Waals surface area contributed by atoms with E-state index in [4.69, 9.17) is 9.47 Å². The Morgan fingerprint density at radius 1 is 0.977 bits per heavy atom. The number of carbonyl (C=O) groups is 3. The van der Waals surface area contributed by atoms with Gasteiger partial charge in [-0.25, -0.2) is 4.79 Å². The first kappa shape index (κ1) is 29.9. The number of carbonyl (C=O) groups excluding carboxylic acids is 3. The largest absolute Gasteiger partial charge is 0.489 e. The zero-order chi connectivity index (χ0) is 31.4. The van der Waals surface area contributed by atoms with Crippen LogP contribution in [0.25, 0.3) is 5.69 Å². The van der Waals surface area contributed by atoms with Gasteiger partial charge in [-0.3, -0.25) is 14.4 Å². The van der Waals surface area contributed by atoms with Crippen LogP contribution in [-0.4, -0.2) is 47.6 Å². The molecule has 9 nitrogen and oxygen atoms in total. The summed E-state index contributed by atoms with van der Waals surface area (Å²) in [7, 11) is 1.58. The van der Waals surface area contributed by atoms with Gasteiger partial charge in [0.25, 0.3) is 11.8 Å². The van der Waals surface area contributed by atoms with Crippen molar-refractivity contribution in [3.05, 3.63) is 124 Å². The summed E-state index contributed by atoms with van der Waals surface area (Å²) in [6, 6.07) is 23.5. The van der Waals surface area contributed by atoms with Crippen molar-refractivity contribution in [1.82, 2.24) is 9.88 Å². The molecule has 0 radical (unpaired) electrons. The van der Waals surface area contributed by atoms with E-state index in [1.54, 1.807) is 74.9 Å². The Labute approximate surface area is 255 Å². The number of nitrogens with one attached hydrogen (secondary N) is 1. The summed E-state index contributed by atoms with van der Waals surface area (Å²) in [4.78, 5) is 53.3. The number of amides is 2. The highest BCUT2D eigenvalue weighted by atomic mass is 16.6. The summed E-state index contributed by atoms with van der Waals surface area (Å²) in [6.45, 7) is 5.04. The number of nitrogens with zero attached hydrogens (tertiary/aromatic N) is 2. The number of pyridine rings is 1. The van der Waals surface area contributed by atoms with Crippen LogP contribution in [0.1, 0.15) is 45.8 Å². The van der Waals surface area contributed by atoms with Crippen LogP contribution in [-0.2, 0) is 9.53 Å². The Morgan fingerprint density at radius 3 is 2.36 bits per heavy atom. The fourth-order valence-corrected chi connectivity index (χ4v) is 4.70. The lowest BCUT2D eigenvalue weighted by Crippen LogP contribution is -2.50. The first-order chi connectivity index (χ1) is 21.0. The molecular formula is C35H31N3O6. The monoisotopic (exact) mass is 589 g/mol. The molecule has 1 atom stereocenters. The van der Waals surface area contributed by atoms with Gasteiger partial charge in [0.15, 0.2) is 11.0 Å². The molecule has 1 aliphatic rings.